The van der Waals surface area contributed by atoms with Crippen LogP contribution in [0.5, 0.6) is 0 Å². The van der Waals surface area contributed by atoms with Crippen molar-refractivity contribution in [3.63, 3.8) is 0 Å². The van der Waals surface area contributed by atoms with Crippen molar-refractivity contribution < 1.29 is 16.8 Å². The maximum absolute atomic E-state index is 12.3. The maximum atomic E-state index is 12.3. The highest BCUT2D eigenvalue weighted by Crippen LogP contribution is 2.15. The number of rotatable bonds is 8. The van der Waals surface area contributed by atoms with Crippen LogP contribution in [0.2, 0.25) is 0 Å². The Hall–Kier alpha value is -0.180. The Bertz CT molecular complexity index is 482. The molecule has 0 aliphatic carbocycles. The van der Waals surface area contributed by atoms with Crippen LogP contribution in [0.3, 0.4) is 0 Å². The van der Waals surface area contributed by atoms with Crippen LogP contribution in [0.4, 0.5) is 0 Å². The monoisotopic (exact) mass is 326 g/mol. The molecule has 6 nitrogen and oxygen atoms in total. The van der Waals surface area contributed by atoms with Crippen molar-refractivity contribution in [2.75, 3.05) is 43.9 Å². The lowest BCUT2D eigenvalue weighted by atomic mass is 10.00. The van der Waals surface area contributed by atoms with Crippen LogP contribution in [0.25, 0.3) is 0 Å². The van der Waals surface area contributed by atoms with Crippen molar-refractivity contribution in [3.05, 3.63) is 0 Å². The van der Waals surface area contributed by atoms with Crippen molar-refractivity contribution >= 4 is 19.9 Å². The van der Waals surface area contributed by atoms with Crippen LogP contribution >= 0.6 is 0 Å². The van der Waals surface area contributed by atoms with Gasteiger partial charge < -0.3 is 5.32 Å². The number of hydrogen-bond acceptors (Lipinski definition) is 5. The Morgan fingerprint density at radius 2 is 1.90 bits per heavy atom. The number of nitrogens with zero attached hydrogens (tertiary/aromatic N) is 1. The molecule has 0 saturated carbocycles. The molecule has 1 aliphatic heterocycles. The topological polar surface area (TPSA) is 83.6 Å². The molecule has 0 amide bonds. The molecule has 0 spiro atoms. The number of hydrogen-bond donors (Lipinski definition) is 1. The summed E-state index contributed by atoms with van der Waals surface area (Å²) in [5.41, 5.74) is 0. The highest BCUT2D eigenvalue weighted by molar-refractivity contribution is 7.93. The average molecular weight is 326 g/mol. The molecule has 1 fully saturated rings. The van der Waals surface area contributed by atoms with Crippen LogP contribution < -0.4 is 5.32 Å². The highest BCUT2D eigenvalue weighted by Gasteiger charge is 2.26. The van der Waals surface area contributed by atoms with Crippen LogP contribution in [0, 0.1) is 5.92 Å². The Morgan fingerprint density at radius 3 is 2.40 bits per heavy atom. The predicted molar refractivity (Wildman–Crippen MR) is 81.0 cm³/mol. The van der Waals surface area contributed by atoms with Crippen molar-refractivity contribution in [3.8, 4) is 0 Å². The van der Waals surface area contributed by atoms with Gasteiger partial charge in [0.2, 0.25) is 10.0 Å². The summed E-state index contributed by atoms with van der Waals surface area (Å²) < 4.78 is 48.3. The SMILES string of the molecule is CCCN(CC1CCCNC1)S(=O)(=O)CCS(C)(=O)=O. The van der Waals surface area contributed by atoms with Gasteiger partial charge in [-0.1, -0.05) is 6.92 Å². The van der Waals surface area contributed by atoms with E-state index >= 15 is 0 Å². The van der Waals surface area contributed by atoms with E-state index in [1.807, 2.05) is 6.92 Å². The summed E-state index contributed by atoms with van der Waals surface area (Å²) in [5, 5.41) is 3.27. The molecule has 0 aromatic rings. The molecule has 0 aromatic heterocycles. The number of piperidine rings is 1. The molecule has 0 aromatic carbocycles. The largest absolute Gasteiger partial charge is 0.316 e. The van der Waals surface area contributed by atoms with Gasteiger partial charge in [-0.05, 0) is 38.3 Å². The van der Waals surface area contributed by atoms with E-state index in [9.17, 15) is 16.8 Å². The molecule has 20 heavy (non-hydrogen) atoms. The van der Waals surface area contributed by atoms with Gasteiger partial charge >= 0.3 is 0 Å². The van der Waals surface area contributed by atoms with Crippen LogP contribution in [-0.2, 0) is 19.9 Å². The van der Waals surface area contributed by atoms with E-state index < -0.39 is 19.9 Å². The Labute approximate surface area is 122 Å². The average Bonchev–Trinajstić information content (AvgIpc) is 2.37. The first kappa shape index (κ1) is 17.9. The minimum Gasteiger partial charge on any atom is -0.316 e. The zero-order valence-electron chi connectivity index (χ0n) is 12.3. The van der Waals surface area contributed by atoms with Crippen molar-refractivity contribution in [1.29, 1.82) is 0 Å². The maximum Gasteiger partial charge on any atom is 0.215 e. The fraction of sp³-hybridized carbons (Fsp3) is 1.00. The third-order valence-electron chi connectivity index (χ3n) is 3.44. The van der Waals surface area contributed by atoms with E-state index in [0.29, 0.717) is 19.0 Å². The molecule has 1 aliphatic rings. The summed E-state index contributed by atoms with van der Waals surface area (Å²) in [4.78, 5) is 0. The van der Waals surface area contributed by atoms with E-state index in [-0.39, 0.29) is 11.5 Å². The van der Waals surface area contributed by atoms with Gasteiger partial charge in [0.1, 0.15) is 9.84 Å². The third kappa shape index (κ3) is 6.51. The van der Waals surface area contributed by atoms with Gasteiger partial charge in [0, 0.05) is 19.3 Å². The molecular weight excluding hydrogens is 300 g/mol. The van der Waals surface area contributed by atoms with Gasteiger partial charge in [-0.15, -0.1) is 0 Å². The minimum atomic E-state index is -3.49. The van der Waals surface area contributed by atoms with Crippen LogP contribution in [-0.4, -0.2) is 65.1 Å². The number of sulfone groups is 1. The molecule has 1 atom stereocenters. The first-order valence-corrected chi connectivity index (χ1v) is 10.8. The second-order valence-corrected chi connectivity index (χ2v) is 9.86. The first-order chi connectivity index (χ1) is 9.24. The molecule has 1 unspecified atom stereocenters. The molecule has 0 bridgehead atoms. The molecule has 8 heteroatoms. The quantitative estimate of drug-likeness (QED) is 0.682. The van der Waals surface area contributed by atoms with E-state index in [0.717, 1.165) is 38.6 Å². The summed E-state index contributed by atoms with van der Waals surface area (Å²) in [5.74, 6) is -0.298. The lowest BCUT2D eigenvalue weighted by Gasteiger charge is -2.29. The smallest absolute Gasteiger partial charge is 0.215 e. The van der Waals surface area contributed by atoms with Gasteiger partial charge in [-0.25, -0.2) is 21.1 Å². The molecule has 1 N–H and O–H groups in total. The standard InChI is InChI=1S/C12H26N2O4S2/c1-3-7-14(11-12-5-4-6-13-10-12)20(17,18)9-8-19(2,15)16/h12-13H,3-11H2,1-2H3. The third-order valence-corrected chi connectivity index (χ3v) is 6.48. The van der Waals surface area contributed by atoms with Crippen molar-refractivity contribution in [1.82, 2.24) is 9.62 Å². The van der Waals surface area contributed by atoms with Gasteiger partial charge in [-0.2, -0.15) is 0 Å². The fourth-order valence-corrected chi connectivity index (χ4v) is 5.56. The number of nitrogens with one attached hydrogen (secondary N) is 1. The normalized spacial score (nSPS) is 21.2. The fourth-order valence-electron chi connectivity index (χ4n) is 2.35. The van der Waals surface area contributed by atoms with Crippen LogP contribution in [0.15, 0.2) is 0 Å². The van der Waals surface area contributed by atoms with Crippen molar-refractivity contribution in [2.24, 2.45) is 5.92 Å². The minimum absolute atomic E-state index is 0.307. The lowest BCUT2D eigenvalue weighted by Crippen LogP contribution is -2.42. The van der Waals surface area contributed by atoms with Gasteiger partial charge in [0.15, 0.2) is 0 Å². The number of sulfonamides is 1. The first-order valence-electron chi connectivity index (χ1n) is 7.11. The lowest BCUT2D eigenvalue weighted by molar-refractivity contribution is 0.292. The zero-order chi connectivity index (χ0) is 15.2. The van der Waals surface area contributed by atoms with E-state index in [4.69, 9.17) is 0 Å². The van der Waals surface area contributed by atoms with Gasteiger partial charge in [0.05, 0.1) is 11.5 Å². The summed E-state index contributed by atoms with van der Waals surface area (Å²) in [7, 11) is -6.75. The van der Waals surface area contributed by atoms with E-state index in [2.05, 4.69) is 5.32 Å². The van der Waals surface area contributed by atoms with E-state index in [1.54, 1.807) is 0 Å². The Kier molecular flexibility index (Phi) is 6.90. The summed E-state index contributed by atoms with van der Waals surface area (Å²) in [6, 6.07) is 0. The summed E-state index contributed by atoms with van der Waals surface area (Å²) in [6.45, 7) is 4.71. The Balaban J connectivity index is 2.67. The Morgan fingerprint density at radius 1 is 1.20 bits per heavy atom. The molecule has 120 valence electrons. The van der Waals surface area contributed by atoms with Gasteiger partial charge in [0.25, 0.3) is 0 Å². The molecule has 1 rings (SSSR count). The van der Waals surface area contributed by atoms with Crippen molar-refractivity contribution in [2.45, 2.75) is 26.2 Å². The zero-order valence-corrected chi connectivity index (χ0v) is 14.0. The van der Waals surface area contributed by atoms with Gasteiger partial charge in [-0.3, -0.25) is 0 Å². The second kappa shape index (κ2) is 7.72. The molecular formula is C12H26N2O4S2. The molecule has 1 saturated heterocycles. The summed E-state index contributed by atoms with van der Waals surface area (Å²) in [6.07, 6.45) is 3.89. The predicted octanol–water partition coefficient (Wildman–Crippen LogP) is 0.0724. The van der Waals surface area contributed by atoms with E-state index in [1.165, 1.54) is 4.31 Å². The second-order valence-electron chi connectivity index (χ2n) is 5.52. The highest BCUT2D eigenvalue weighted by atomic mass is 32.2. The molecule has 1 heterocycles. The van der Waals surface area contributed by atoms with Crippen LogP contribution in [0.1, 0.15) is 26.2 Å². The summed E-state index contributed by atoms with van der Waals surface area (Å²) >= 11 is 0. The molecule has 0 radical (unpaired) electrons.